The summed E-state index contributed by atoms with van der Waals surface area (Å²) >= 11 is 0. The summed E-state index contributed by atoms with van der Waals surface area (Å²) in [5, 5.41) is 15.4. The third-order valence-electron chi connectivity index (χ3n) is 2.07. The molecule has 7 heteroatoms. The molecule has 0 spiro atoms. The lowest BCUT2D eigenvalue weighted by atomic mass is 10.2. The molecule has 0 aliphatic carbocycles. The Morgan fingerprint density at radius 3 is 3.06 bits per heavy atom. The predicted molar refractivity (Wildman–Crippen MR) is 57.7 cm³/mol. The highest BCUT2D eigenvalue weighted by Crippen LogP contribution is 2.06. The standard InChI is InChI=1S/C10H10N4O3/c15-10(16)7-1-3-11-9(5-7)12-4-2-8-13-6-17-14-8/h1,3,5-6H,2,4H2,(H,11,12)(H,15,16). The summed E-state index contributed by atoms with van der Waals surface area (Å²) in [4.78, 5) is 18.6. The SMILES string of the molecule is O=C(O)c1ccnc(NCCc2ncon2)c1. The van der Waals surface area contributed by atoms with E-state index in [1.54, 1.807) is 0 Å². The van der Waals surface area contributed by atoms with E-state index >= 15 is 0 Å². The Labute approximate surface area is 96.5 Å². The largest absolute Gasteiger partial charge is 0.478 e. The third kappa shape index (κ3) is 3.00. The lowest BCUT2D eigenvalue weighted by molar-refractivity contribution is 0.0697. The lowest BCUT2D eigenvalue weighted by Crippen LogP contribution is -2.08. The van der Waals surface area contributed by atoms with Crippen LogP contribution >= 0.6 is 0 Å². The lowest BCUT2D eigenvalue weighted by Gasteiger charge is -2.03. The Hall–Kier alpha value is -2.44. The van der Waals surface area contributed by atoms with E-state index < -0.39 is 5.97 Å². The van der Waals surface area contributed by atoms with Gasteiger partial charge < -0.3 is 14.9 Å². The van der Waals surface area contributed by atoms with Crippen LogP contribution in [0.5, 0.6) is 0 Å². The second kappa shape index (κ2) is 5.06. The summed E-state index contributed by atoms with van der Waals surface area (Å²) in [7, 11) is 0. The second-order valence-electron chi connectivity index (χ2n) is 3.26. The molecule has 0 aliphatic heterocycles. The number of carbonyl (C=O) groups is 1. The van der Waals surface area contributed by atoms with Gasteiger partial charge >= 0.3 is 5.97 Å². The molecule has 2 aromatic heterocycles. The van der Waals surface area contributed by atoms with Crippen LogP contribution in [0.2, 0.25) is 0 Å². The van der Waals surface area contributed by atoms with Gasteiger partial charge in [-0.3, -0.25) is 0 Å². The van der Waals surface area contributed by atoms with Crippen LogP contribution < -0.4 is 5.32 Å². The van der Waals surface area contributed by atoms with Crippen LogP contribution in [0, 0.1) is 0 Å². The number of aromatic nitrogens is 3. The summed E-state index contributed by atoms with van der Waals surface area (Å²) in [6.45, 7) is 0.551. The first-order chi connectivity index (χ1) is 8.25. The van der Waals surface area contributed by atoms with Crippen molar-refractivity contribution in [3.05, 3.63) is 36.1 Å². The number of anilines is 1. The van der Waals surface area contributed by atoms with Crippen molar-refractivity contribution < 1.29 is 14.4 Å². The van der Waals surface area contributed by atoms with Crippen molar-refractivity contribution in [1.29, 1.82) is 0 Å². The van der Waals surface area contributed by atoms with Crippen molar-refractivity contribution >= 4 is 11.8 Å². The summed E-state index contributed by atoms with van der Waals surface area (Å²) < 4.78 is 4.59. The average Bonchev–Trinajstić information content (AvgIpc) is 2.82. The minimum Gasteiger partial charge on any atom is -0.478 e. The van der Waals surface area contributed by atoms with E-state index in [-0.39, 0.29) is 5.56 Å². The molecule has 0 saturated carbocycles. The van der Waals surface area contributed by atoms with Crippen molar-refractivity contribution in [2.45, 2.75) is 6.42 Å². The smallest absolute Gasteiger partial charge is 0.335 e. The molecular formula is C10H10N4O3. The van der Waals surface area contributed by atoms with E-state index in [9.17, 15) is 4.79 Å². The molecule has 0 bridgehead atoms. The van der Waals surface area contributed by atoms with Crippen molar-refractivity contribution in [3.8, 4) is 0 Å². The van der Waals surface area contributed by atoms with Gasteiger partial charge in [-0.1, -0.05) is 5.16 Å². The van der Waals surface area contributed by atoms with Gasteiger partial charge in [-0.15, -0.1) is 0 Å². The van der Waals surface area contributed by atoms with Crippen molar-refractivity contribution in [1.82, 2.24) is 15.1 Å². The summed E-state index contributed by atoms with van der Waals surface area (Å²) in [5.74, 6) is 0.119. The van der Waals surface area contributed by atoms with E-state index in [4.69, 9.17) is 5.11 Å². The normalized spacial score (nSPS) is 10.1. The molecule has 0 aliphatic rings. The van der Waals surface area contributed by atoms with Crippen molar-refractivity contribution in [2.24, 2.45) is 0 Å². The Balaban J connectivity index is 1.90. The third-order valence-corrected chi connectivity index (χ3v) is 2.07. The highest BCUT2D eigenvalue weighted by atomic mass is 16.5. The van der Waals surface area contributed by atoms with Gasteiger partial charge in [0.05, 0.1) is 5.56 Å². The number of hydrogen-bond donors (Lipinski definition) is 2. The van der Waals surface area contributed by atoms with E-state index in [0.717, 1.165) is 0 Å². The van der Waals surface area contributed by atoms with E-state index in [1.165, 1.54) is 24.7 Å². The van der Waals surface area contributed by atoms with Gasteiger partial charge in [-0.05, 0) is 12.1 Å². The van der Waals surface area contributed by atoms with Crippen LogP contribution in [0.25, 0.3) is 0 Å². The van der Waals surface area contributed by atoms with Crippen LogP contribution in [-0.4, -0.2) is 32.7 Å². The van der Waals surface area contributed by atoms with Crippen LogP contribution in [0.4, 0.5) is 5.82 Å². The van der Waals surface area contributed by atoms with Crippen LogP contribution in [0.1, 0.15) is 16.2 Å². The minimum absolute atomic E-state index is 0.196. The molecular weight excluding hydrogens is 224 g/mol. The summed E-state index contributed by atoms with van der Waals surface area (Å²) in [6.07, 6.45) is 3.29. The maximum Gasteiger partial charge on any atom is 0.335 e. The van der Waals surface area contributed by atoms with Crippen molar-refractivity contribution in [2.75, 3.05) is 11.9 Å². The summed E-state index contributed by atoms with van der Waals surface area (Å²) in [6, 6.07) is 2.91. The first kappa shape index (κ1) is 11.1. The molecule has 2 N–H and O–H groups in total. The molecule has 0 unspecified atom stereocenters. The van der Waals surface area contributed by atoms with E-state index in [2.05, 4.69) is 25.0 Å². The zero-order valence-electron chi connectivity index (χ0n) is 8.83. The number of carboxylic acids is 1. The van der Waals surface area contributed by atoms with E-state index in [1.807, 2.05) is 0 Å². The van der Waals surface area contributed by atoms with Gasteiger partial charge in [0, 0.05) is 19.2 Å². The number of rotatable bonds is 5. The quantitative estimate of drug-likeness (QED) is 0.789. The molecule has 88 valence electrons. The zero-order valence-corrected chi connectivity index (χ0v) is 8.83. The van der Waals surface area contributed by atoms with Crippen LogP contribution in [0.3, 0.4) is 0 Å². The second-order valence-corrected chi connectivity index (χ2v) is 3.26. The maximum absolute atomic E-state index is 10.7. The number of carboxylic acid groups (broad SMARTS) is 1. The molecule has 0 atom stereocenters. The molecule has 7 nitrogen and oxygen atoms in total. The predicted octanol–water partition coefficient (Wildman–Crippen LogP) is 0.817. The molecule has 0 radical (unpaired) electrons. The molecule has 0 fully saturated rings. The average molecular weight is 234 g/mol. The molecule has 2 rings (SSSR count). The van der Waals surface area contributed by atoms with E-state index in [0.29, 0.717) is 24.6 Å². The Morgan fingerprint density at radius 1 is 1.47 bits per heavy atom. The van der Waals surface area contributed by atoms with Gasteiger partial charge in [0.2, 0.25) is 6.39 Å². The summed E-state index contributed by atoms with van der Waals surface area (Å²) in [5.41, 5.74) is 0.196. The van der Waals surface area contributed by atoms with Crippen molar-refractivity contribution in [3.63, 3.8) is 0 Å². The van der Waals surface area contributed by atoms with Gasteiger partial charge in [0.1, 0.15) is 5.82 Å². The molecule has 0 amide bonds. The number of nitrogens with zero attached hydrogens (tertiary/aromatic N) is 3. The van der Waals surface area contributed by atoms with Gasteiger partial charge in [0.25, 0.3) is 0 Å². The highest BCUT2D eigenvalue weighted by Gasteiger charge is 2.04. The number of pyridine rings is 1. The first-order valence-electron chi connectivity index (χ1n) is 4.94. The molecule has 2 aromatic rings. The maximum atomic E-state index is 10.7. The van der Waals surface area contributed by atoms with Crippen LogP contribution in [-0.2, 0) is 6.42 Å². The fourth-order valence-electron chi connectivity index (χ4n) is 1.27. The van der Waals surface area contributed by atoms with Gasteiger partial charge in [0.15, 0.2) is 5.82 Å². The van der Waals surface area contributed by atoms with Crippen LogP contribution in [0.15, 0.2) is 29.2 Å². The number of aromatic carboxylic acids is 1. The number of hydrogen-bond acceptors (Lipinski definition) is 6. The molecule has 2 heterocycles. The Morgan fingerprint density at radius 2 is 2.35 bits per heavy atom. The monoisotopic (exact) mass is 234 g/mol. The minimum atomic E-state index is -0.978. The number of nitrogens with one attached hydrogen (secondary N) is 1. The fraction of sp³-hybridized carbons (Fsp3) is 0.200. The fourth-order valence-corrected chi connectivity index (χ4v) is 1.27. The molecule has 17 heavy (non-hydrogen) atoms. The Bertz CT molecular complexity index is 498. The molecule has 0 aromatic carbocycles. The topological polar surface area (TPSA) is 101 Å². The Kier molecular flexibility index (Phi) is 3.29. The first-order valence-corrected chi connectivity index (χ1v) is 4.94. The molecule has 0 saturated heterocycles. The van der Waals surface area contributed by atoms with Gasteiger partial charge in [-0.2, -0.15) is 4.98 Å². The van der Waals surface area contributed by atoms with Gasteiger partial charge in [-0.25, -0.2) is 9.78 Å². The zero-order chi connectivity index (χ0) is 12.1. The highest BCUT2D eigenvalue weighted by molar-refractivity contribution is 5.88.